The normalized spacial score (nSPS) is 13.1. The fraction of sp³-hybridized carbons (Fsp3) is 0.364. The molecule has 1 aliphatic heterocycles. The molecule has 2 amide bonds. The monoisotopic (exact) mass is 422 g/mol. The number of nitrogens with one attached hydrogen (secondary N) is 1. The molecular formula is C22H26N6O3. The second-order valence-electron chi connectivity index (χ2n) is 7.57. The first-order valence-corrected chi connectivity index (χ1v) is 10.2. The smallest absolute Gasteiger partial charge is 0.270 e. The van der Waals surface area contributed by atoms with E-state index in [2.05, 4.69) is 10.4 Å². The maximum atomic E-state index is 12.8. The molecule has 1 saturated heterocycles. The molecule has 162 valence electrons. The number of carbonyl (C=O) groups excluding carboxylic acids is 2. The van der Waals surface area contributed by atoms with Crippen LogP contribution in [0.1, 0.15) is 33.1 Å². The lowest BCUT2D eigenvalue weighted by Crippen LogP contribution is -2.43. The number of ether oxygens (including phenoxy) is 1. The van der Waals surface area contributed by atoms with Gasteiger partial charge in [0.25, 0.3) is 11.8 Å². The fourth-order valence-electron chi connectivity index (χ4n) is 3.58. The Morgan fingerprint density at radius 1 is 1.23 bits per heavy atom. The highest BCUT2D eigenvalue weighted by Gasteiger charge is 2.28. The van der Waals surface area contributed by atoms with Gasteiger partial charge in [-0.15, -0.1) is 0 Å². The first-order valence-electron chi connectivity index (χ1n) is 10.2. The molecule has 2 aromatic heterocycles. The minimum atomic E-state index is -0.314. The van der Waals surface area contributed by atoms with Crippen molar-refractivity contribution in [1.29, 1.82) is 0 Å². The molecule has 3 aromatic rings. The van der Waals surface area contributed by atoms with Crippen molar-refractivity contribution < 1.29 is 14.3 Å². The van der Waals surface area contributed by atoms with Crippen LogP contribution in [0.15, 0.2) is 36.7 Å². The molecule has 9 heteroatoms. The average molecular weight is 422 g/mol. The van der Waals surface area contributed by atoms with E-state index in [4.69, 9.17) is 9.72 Å². The van der Waals surface area contributed by atoms with E-state index in [1.165, 1.54) is 10.9 Å². The molecule has 0 bridgehead atoms. The number of likely N-dealkylation sites (tertiary alicyclic amines) is 1. The van der Waals surface area contributed by atoms with Crippen molar-refractivity contribution in [2.24, 2.45) is 14.1 Å². The molecule has 1 aliphatic rings. The van der Waals surface area contributed by atoms with Gasteiger partial charge in [0.1, 0.15) is 17.3 Å². The van der Waals surface area contributed by atoms with Crippen LogP contribution in [-0.2, 0) is 20.5 Å². The van der Waals surface area contributed by atoms with E-state index in [1.807, 2.05) is 42.1 Å². The summed E-state index contributed by atoms with van der Waals surface area (Å²) >= 11 is 0. The van der Waals surface area contributed by atoms with E-state index in [1.54, 1.807) is 19.1 Å². The number of methoxy groups -OCH3 is 1. The van der Waals surface area contributed by atoms with Crippen LogP contribution in [0.2, 0.25) is 0 Å². The van der Waals surface area contributed by atoms with E-state index in [0.717, 1.165) is 42.3 Å². The molecule has 4 rings (SSSR count). The molecule has 1 fully saturated rings. The van der Waals surface area contributed by atoms with Crippen LogP contribution in [0.5, 0.6) is 5.75 Å². The number of hydrogen-bond acceptors (Lipinski definition) is 5. The van der Waals surface area contributed by atoms with E-state index >= 15 is 0 Å². The van der Waals surface area contributed by atoms with Crippen LogP contribution in [0, 0.1) is 0 Å². The number of aryl methyl sites for hydroxylation is 2. The Morgan fingerprint density at radius 3 is 2.74 bits per heavy atom. The van der Waals surface area contributed by atoms with Gasteiger partial charge < -0.3 is 19.5 Å². The molecule has 3 heterocycles. The molecule has 1 aromatic carbocycles. The Hall–Kier alpha value is -3.62. The quantitative estimate of drug-likeness (QED) is 0.625. The van der Waals surface area contributed by atoms with Gasteiger partial charge in [-0.1, -0.05) is 12.1 Å². The lowest BCUT2D eigenvalue weighted by atomic mass is 10.1. The summed E-state index contributed by atoms with van der Waals surface area (Å²) in [5.41, 5.74) is 2.44. The number of benzene rings is 1. The number of carbonyl (C=O) groups is 2. The van der Waals surface area contributed by atoms with Gasteiger partial charge in [0.05, 0.1) is 24.6 Å². The second kappa shape index (κ2) is 8.63. The maximum Gasteiger partial charge on any atom is 0.270 e. The van der Waals surface area contributed by atoms with Crippen molar-refractivity contribution in [1.82, 2.24) is 29.5 Å². The number of nitrogens with zero attached hydrogens (tertiary/aromatic N) is 5. The third-order valence-electron chi connectivity index (χ3n) is 5.50. The summed E-state index contributed by atoms with van der Waals surface area (Å²) in [5, 5.41) is 7.01. The van der Waals surface area contributed by atoms with Crippen LogP contribution in [0.4, 0.5) is 0 Å². The van der Waals surface area contributed by atoms with Crippen molar-refractivity contribution in [2.45, 2.75) is 12.8 Å². The number of amides is 2. The first kappa shape index (κ1) is 20.6. The minimum absolute atomic E-state index is 0.142. The SMILES string of the molecule is COc1cccc(-c2cn(C)c(CCNC(=O)c3c(C(=O)N4CCC4)cnn3C)n2)c1. The van der Waals surface area contributed by atoms with Crippen LogP contribution < -0.4 is 10.1 Å². The second-order valence-corrected chi connectivity index (χ2v) is 7.57. The van der Waals surface area contributed by atoms with Gasteiger partial charge in [0, 0.05) is 51.9 Å². The summed E-state index contributed by atoms with van der Waals surface area (Å²) in [4.78, 5) is 31.8. The maximum absolute atomic E-state index is 12.8. The van der Waals surface area contributed by atoms with Crippen molar-refractivity contribution in [3.05, 3.63) is 53.7 Å². The highest BCUT2D eigenvalue weighted by atomic mass is 16.5. The molecule has 1 N–H and O–H groups in total. The summed E-state index contributed by atoms with van der Waals surface area (Å²) in [6.45, 7) is 1.84. The fourth-order valence-corrected chi connectivity index (χ4v) is 3.58. The highest BCUT2D eigenvalue weighted by Crippen LogP contribution is 2.23. The molecule has 0 atom stereocenters. The number of hydrogen-bond donors (Lipinski definition) is 1. The largest absolute Gasteiger partial charge is 0.497 e. The molecule has 0 unspecified atom stereocenters. The van der Waals surface area contributed by atoms with Crippen LogP contribution >= 0.6 is 0 Å². The van der Waals surface area contributed by atoms with Gasteiger partial charge in [0.15, 0.2) is 0 Å². The van der Waals surface area contributed by atoms with E-state index in [9.17, 15) is 9.59 Å². The summed E-state index contributed by atoms with van der Waals surface area (Å²) in [6, 6.07) is 7.74. The predicted octanol–water partition coefficient (Wildman–Crippen LogP) is 1.65. The molecule has 0 radical (unpaired) electrons. The molecular weight excluding hydrogens is 396 g/mol. The van der Waals surface area contributed by atoms with Gasteiger partial charge >= 0.3 is 0 Å². The first-order chi connectivity index (χ1) is 15.0. The average Bonchev–Trinajstić information content (AvgIpc) is 3.29. The molecule has 31 heavy (non-hydrogen) atoms. The molecule has 0 spiro atoms. The zero-order valence-electron chi connectivity index (χ0n) is 18.0. The minimum Gasteiger partial charge on any atom is -0.497 e. The molecule has 9 nitrogen and oxygen atoms in total. The predicted molar refractivity (Wildman–Crippen MR) is 115 cm³/mol. The van der Waals surface area contributed by atoms with E-state index in [0.29, 0.717) is 18.5 Å². The van der Waals surface area contributed by atoms with Crippen LogP contribution in [0.3, 0.4) is 0 Å². The third-order valence-corrected chi connectivity index (χ3v) is 5.50. The Bertz CT molecular complexity index is 1110. The Morgan fingerprint density at radius 2 is 2.03 bits per heavy atom. The van der Waals surface area contributed by atoms with Crippen molar-refractivity contribution >= 4 is 11.8 Å². The summed E-state index contributed by atoms with van der Waals surface area (Å²) in [6.07, 6.45) is 4.97. The standard InChI is InChI=1S/C22H26N6O3/c1-26-14-18(15-6-4-7-16(12-15)31-3)25-19(26)8-9-23-21(29)20-17(13-24-27(20)2)22(30)28-10-5-11-28/h4,6-7,12-14H,5,8-11H2,1-3H3,(H,23,29). The van der Waals surface area contributed by atoms with Gasteiger partial charge in [0.2, 0.25) is 0 Å². The van der Waals surface area contributed by atoms with Gasteiger partial charge in [-0.3, -0.25) is 14.3 Å². The van der Waals surface area contributed by atoms with Gasteiger partial charge in [-0.05, 0) is 18.6 Å². The summed E-state index contributed by atoms with van der Waals surface area (Å²) in [5.74, 6) is 1.17. The van der Waals surface area contributed by atoms with Crippen molar-refractivity contribution in [2.75, 3.05) is 26.7 Å². The Kier molecular flexibility index (Phi) is 5.75. The van der Waals surface area contributed by atoms with E-state index < -0.39 is 0 Å². The topological polar surface area (TPSA) is 94.3 Å². The van der Waals surface area contributed by atoms with E-state index in [-0.39, 0.29) is 17.5 Å². The number of aromatic nitrogens is 4. The number of imidazole rings is 1. The van der Waals surface area contributed by atoms with Crippen LogP contribution in [0.25, 0.3) is 11.3 Å². The van der Waals surface area contributed by atoms with Crippen LogP contribution in [-0.4, -0.2) is 62.8 Å². The Labute approximate surface area is 180 Å². The Balaban J connectivity index is 1.41. The number of rotatable bonds is 7. The zero-order chi connectivity index (χ0) is 22.0. The molecule has 0 saturated carbocycles. The summed E-state index contributed by atoms with van der Waals surface area (Å²) in [7, 11) is 5.23. The lowest BCUT2D eigenvalue weighted by molar-refractivity contribution is 0.0647. The zero-order valence-corrected chi connectivity index (χ0v) is 18.0. The molecule has 0 aliphatic carbocycles. The lowest BCUT2D eigenvalue weighted by Gasteiger charge is -2.30. The highest BCUT2D eigenvalue weighted by molar-refractivity contribution is 6.06. The van der Waals surface area contributed by atoms with Gasteiger partial charge in [-0.25, -0.2) is 4.98 Å². The van der Waals surface area contributed by atoms with Gasteiger partial charge in [-0.2, -0.15) is 5.10 Å². The van der Waals surface area contributed by atoms with Crippen molar-refractivity contribution in [3.63, 3.8) is 0 Å². The third kappa shape index (κ3) is 4.16. The van der Waals surface area contributed by atoms with Crippen molar-refractivity contribution in [3.8, 4) is 17.0 Å². The summed E-state index contributed by atoms with van der Waals surface area (Å²) < 4.78 is 8.68.